The lowest BCUT2D eigenvalue weighted by molar-refractivity contribution is 0.185. The van der Waals surface area contributed by atoms with Crippen LogP contribution in [0.5, 0.6) is 5.75 Å². The van der Waals surface area contributed by atoms with Crippen LogP contribution in [0, 0.1) is 0 Å². The summed E-state index contributed by atoms with van der Waals surface area (Å²) < 4.78 is 1.07. The highest BCUT2D eigenvalue weighted by Crippen LogP contribution is 2.30. The first-order chi connectivity index (χ1) is 7.68. The molecule has 0 aromatic heterocycles. The molecule has 2 N–H and O–H groups in total. The van der Waals surface area contributed by atoms with Crippen molar-refractivity contribution in [3.05, 3.63) is 28.2 Å². The molecule has 1 aliphatic rings. The molecular weight excluding hydrogens is 268 g/mol. The molecule has 0 radical (unpaired) electrons. The van der Waals surface area contributed by atoms with Gasteiger partial charge in [-0.15, -0.1) is 0 Å². The van der Waals surface area contributed by atoms with E-state index in [1.165, 1.54) is 0 Å². The smallest absolute Gasteiger partial charge is 0.115 e. The second-order valence-corrected chi connectivity index (χ2v) is 5.02. The first-order valence-electron chi connectivity index (χ1n) is 5.61. The molecule has 1 fully saturated rings. The Bertz CT molecular complexity index is 364. The van der Waals surface area contributed by atoms with Crippen LogP contribution in [0.3, 0.4) is 0 Å². The molecule has 16 heavy (non-hydrogen) atoms. The Labute approximate surface area is 105 Å². The summed E-state index contributed by atoms with van der Waals surface area (Å²) in [6.07, 6.45) is 0. The molecule has 0 bridgehead atoms. The number of halogens is 1. The summed E-state index contributed by atoms with van der Waals surface area (Å²) in [4.78, 5) is 2.43. The molecule has 1 aliphatic heterocycles. The van der Waals surface area contributed by atoms with E-state index < -0.39 is 0 Å². The molecule has 0 unspecified atom stereocenters. The van der Waals surface area contributed by atoms with Gasteiger partial charge in [0.2, 0.25) is 0 Å². The van der Waals surface area contributed by atoms with Gasteiger partial charge in [-0.1, -0.05) is 15.9 Å². The summed E-state index contributed by atoms with van der Waals surface area (Å²) >= 11 is 3.54. The molecular formula is C12H17BrN2O. The van der Waals surface area contributed by atoms with E-state index in [1.807, 2.05) is 12.1 Å². The normalized spacial score (nSPS) is 19.6. The Hall–Kier alpha value is -0.580. The van der Waals surface area contributed by atoms with Gasteiger partial charge in [0.25, 0.3) is 0 Å². The third-order valence-electron chi connectivity index (χ3n) is 3.13. The van der Waals surface area contributed by atoms with Gasteiger partial charge in [0.05, 0.1) is 0 Å². The minimum Gasteiger partial charge on any atom is -0.508 e. The van der Waals surface area contributed by atoms with Crippen molar-refractivity contribution in [2.75, 3.05) is 26.2 Å². The van der Waals surface area contributed by atoms with E-state index in [0.717, 1.165) is 36.2 Å². The zero-order valence-electron chi connectivity index (χ0n) is 9.41. The average molecular weight is 285 g/mol. The Morgan fingerprint density at radius 1 is 1.38 bits per heavy atom. The van der Waals surface area contributed by atoms with E-state index in [4.69, 9.17) is 0 Å². The molecule has 88 valence electrons. The molecule has 1 aromatic carbocycles. The number of nitrogens with zero attached hydrogens (tertiary/aromatic N) is 1. The zero-order valence-corrected chi connectivity index (χ0v) is 11.0. The summed E-state index contributed by atoms with van der Waals surface area (Å²) in [5.74, 6) is 0.334. The molecule has 3 nitrogen and oxygen atoms in total. The molecule has 1 heterocycles. The second kappa shape index (κ2) is 5.17. The van der Waals surface area contributed by atoms with E-state index in [9.17, 15) is 5.11 Å². The van der Waals surface area contributed by atoms with Gasteiger partial charge in [-0.2, -0.15) is 0 Å². The molecule has 0 spiro atoms. The Morgan fingerprint density at radius 3 is 2.75 bits per heavy atom. The number of benzene rings is 1. The number of phenols is 1. The number of nitrogens with one attached hydrogen (secondary N) is 1. The number of aromatic hydroxyl groups is 1. The minimum absolute atomic E-state index is 0.334. The number of hydrogen-bond acceptors (Lipinski definition) is 3. The highest BCUT2D eigenvalue weighted by molar-refractivity contribution is 9.10. The maximum atomic E-state index is 9.53. The third-order valence-corrected chi connectivity index (χ3v) is 3.85. The van der Waals surface area contributed by atoms with Crippen LogP contribution in [0.2, 0.25) is 0 Å². The Kier molecular flexibility index (Phi) is 3.84. The topological polar surface area (TPSA) is 35.5 Å². The highest BCUT2D eigenvalue weighted by Gasteiger charge is 2.19. The predicted octanol–water partition coefficient (Wildman–Crippen LogP) is 2.12. The van der Waals surface area contributed by atoms with Crippen molar-refractivity contribution in [3.63, 3.8) is 0 Å². The van der Waals surface area contributed by atoms with Gasteiger partial charge in [-0.05, 0) is 30.7 Å². The van der Waals surface area contributed by atoms with Crippen molar-refractivity contribution in [3.8, 4) is 5.75 Å². The Morgan fingerprint density at radius 2 is 2.06 bits per heavy atom. The maximum Gasteiger partial charge on any atom is 0.115 e. The maximum absolute atomic E-state index is 9.53. The lowest BCUT2D eigenvalue weighted by Crippen LogP contribution is -2.44. The fourth-order valence-corrected chi connectivity index (χ4v) is 2.70. The molecule has 1 saturated heterocycles. The summed E-state index contributed by atoms with van der Waals surface area (Å²) in [5.41, 5.74) is 1.15. The fourth-order valence-electron chi connectivity index (χ4n) is 2.12. The molecule has 2 rings (SSSR count). The van der Waals surface area contributed by atoms with Crippen molar-refractivity contribution < 1.29 is 5.11 Å². The molecule has 0 aliphatic carbocycles. The largest absolute Gasteiger partial charge is 0.508 e. The SMILES string of the molecule is C[C@@H](c1cc(O)ccc1Br)N1CCNCC1. The van der Waals surface area contributed by atoms with Crippen LogP contribution >= 0.6 is 15.9 Å². The van der Waals surface area contributed by atoms with Gasteiger partial charge in [-0.3, -0.25) is 4.90 Å². The van der Waals surface area contributed by atoms with Gasteiger partial charge >= 0.3 is 0 Å². The second-order valence-electron chi connectivity index (χ2n) is 4.17. The molecule has 4 heteroatoms. The van der Waals surface area contributed by atoms with Gasteiger partial charge in [-0.25, -0.2) is 0 Å². The van der Waals surface area contributed by atoms with E-state index >= 15 is 0 Å². The van der Waals surface area contributed by atoms with Crippen molar-refractivity contribution in [2.24, 2.45) is 0 Å². The van der Waals surface area contributed by atoms with Crippen LogP contribution in [-0.4, -0.2) is 36.2 Å². The van der Waals surface area contributed by atoms with E-state index in [0.29, 0.717) is 11.8 Å². The number of hydrogen-bond donors (Lipinski definition) is 2. The van der Waals surface area contributed by atoms with E-state index in [-0.39, 0.29) is 0 Å². The van der Waals surface area contributed by atoms with Gasteiger partial charge in [0, 0.05) is 36.7 Å². The van der Waals surface area contributed by atoms with Gasteiger partial charge in [0.15, 0.2) is 0 Å². The van der Waals surface area contributed by atoms with Crippen LogP contribution in [-0.2, 0) is 0 Å². The van der Waals surface area contributed by atoms with Gasteiger partial charge in [0.1, 0.15) is 5.75 Å². The minimum atomic E-state index is 0.334. The predicted molar refractivity (Wildman–Crippen MR) is 68.7 cm³/mol. The van der Waals surface area contributed by atoms with Crippen LogP contribution in [0.15, 0.2) is 22.7 Å². The first-order valence-corrected chi connectivity index (χ1v) is 6.41. The van der Waals surface area contributed by atoms with Crippen LogP contribution in [0.4, 0.5) is 0 Å². The Balaban J connectivity index is 2.18. The van der Waals surface area contributed by atoms with Crippen LogP contribution < -0.4 is 5.32 Å². The highest BCUT2D eigenvalue weighted by atomic mass is 79.9. The number of phenolic OH excluding ortho intramolecular Hbond substituents is 1. The third kappa shape index (κ3) is 2.56. The van der Waals surface area contributed by atoms with Crippen molar-refractivity contribution >= 4 is 15.9 Å². The molecule has 0 amide bonds. The standard InChI is InChI=1S/C12H17BrN2O/c1-9(15-6-4-14-5-7-15)11-8-10(16)2-3-12(11)13/h2-3,8-9,14,16H,4-7H2,1H3/t9-/m0/s1. The number of piperazine rings is 1. The molecule has 0 saturated carbocycles. The quantitative estimate of drug-likeness (QED) is 0.873. The van der Waals surface area contributed by atoms with E-state index in [1.54, 1.807) is 6.07 Å². The van der Waals surface area contributed by atoms with Crippen LogP contribution in [0.25, 0.3) is 0 Å². The molecule has 1 atom stereocenters. The summed E-state index contributed by atoms with van der Waals surface area (Å²) in [6, 6.07) is 5.79. The lowest BCUT2D eigenvalue weighted by Gasteiger charge is -2.33. The average Bonchev–Trinajstić information content (AvgIpc) is 2.32. The van der Waals surface area contributed by atoms with Crippen molar-refractivity contribution in [1.29, 1.82) is 0 Å². The van der Waals surface area contributed by atoms with Crippen molar-refractivity contribution in [1.82, 2.24) is 10.2 Å². The summed E-state index contributed by atoms with van der Waals surface area (Å²) in [7, 11) is 0. The van der Waals surface area contributed by atoms with Crippen LogP contribution in [0.1, 0.15) is 18.5 Å². The lowest BCUT2D eigenvalue weighted by atomic mass is 10.1. The van der Waals surface area contributed by atoms with E-state index in [2.05, 4.69) is 33.1 Å². The molecule has 1 aromatic rings. The summed E-state index contributed by atoms with van der Waals surface area (Å²) in [6.45, 7) is 6.39. The zero-order chi connectivity index (χ0) is 11.5. The fraction of sp³-hybridized carbons (Fsp3) is 0.500. The number of rotatable bonds is 2. The summed E-state index contributed by atoms with van der Waals surface area (Å²) in [5, 5.41) is 12.9. The first kappa shape index (κ1) is 11.9. The monoisotopic (exact) mass is 284 g/mol. The van der Waals surface area contributed by atoms with Crippen molar-refractivity contribution in [2.45, 2.75) is 13.0 Å². The van der Waals surface area contributed by atoms with Gasteiger partial charge < -0.3 is 10.4 Å².